The Balaban J connectivity index is 2.20. The predicted octanol–water partition coefficient (Wildman–Crippen LogP) is 4.46. The molecule has 17 heavy (non-hydrogen) atoms. The van der Waals surface area contributed by atoms with Gasteiger partial charge >= 0.3 is 0 Å². The van der Waals surface area contributed by atoms with E-state index >= 15 is 0 Å². The van der Waals surface area contributed by atoms with Crippen molar-refractivity contribution in [1.29, 1.82) is 0 Å². The zero-order chi connectivity index (χ0) is 12.1. The zero-order valence-electron chi connectivity index (χ0n) is 9.63. The van der Waals surface area contributed by atoms with Crippen LogP contribution in [0.2, 0.25) is 0 Å². The lowest BCUT2D eigenvalue weighted by Gasteiger charge is -2.07. The number of para-hydroxylation sites is 1. The molecule has 2 aromatic rings. The molecular formula is C15H13NO. The second-order valence-electron chi connectivity index (χ2n) is 3.79. The van der Waals surface area contributed by atoms with E-state index in [9.17, 15) is 0 Å². The molecule has 0 N–H and O–H groups in total. The van der Waals surface area contributed by atoms with E-state index in [1.54, 1.807) is 0 Å². The molecule has 0 amide bonds. The van der Waals surface area contributed by atoms with Crippen LogP contribution in [0.5, 0.6) is 11.5 Å². The number of hydrogen-bond donors (Lipinski definition) is 0. The fraction of sp³-hybridized carbons (Fsp3) is 0.133. The molecule has 0 bridgehead atoms. The Kier molecular flexibility index (Phi) is 3.42. The number of hydrogen-bond acceptors (Lipinski definition) is 1. The highest BCUT2D eigenvalue weighted by Crippen LogP contribution is 2.25. The van der Waals surface area contributed by atoms with Crippen LogP contribution >= 0.6 is 0 Å². The van der Waals surface area contributed by atoms with Crippen molar-refractivity contribution in [3.05, 3.63) is 71.6 Å². The van der Waals surface area contributed by atoms with E-state index in [-0.39, 0.29) is 6.04 Å². The molecule has 0 aliphatic heterocycles. The average molecular weight is 223 g/mol. The van der Waals surface area contributed by atoms with Gasteiger partial charge in [-0.2, -0.15) is 0 Å². The standard InChI is InChI=1S/C15H13NO/c1-12(16-2)13-7-6-10-15(11-13)17-14-8-4-3-5-9-14/h3-12H,1H3. The maximum atomic E-state index is 7.02. The first-order valence-electron chi connectivity index (χ1n) is 5.49. The Morgan fingerprint density at radius 1 is 1.00 bits per heavy atom. The van der Waals surface area contributed by atoms with Crippen LogP contribution < -0.4 is 4.74 Å². The lowest BCUT2D eigenvalue weighted by atomic mass is 10.1. The van der Waals surface area contributed by atoms with E-state index in [0.717, 1.165) is 17.1 Å². The Hall–Kier alpha value is -2.27. The third-order valence-electron chi connectivity index (χ3n) is 2.51. The van der Waals surface area contributed by atoms with Crippen molar-refractivity contribution in [3.8, 4) is 11.5 Å². The quantitative estimate of drug-likeness (QED) is 0.700. The van der Waals surface area contributed by atoms with Gasteiger partial charge in [-0.3, -0.25) is 0 Å². The molecule has 2 rings (SSSR count). The summed E-state index contributed by atoms with van der Waals surface area (Å²) in [4.78, 5) is 3.50. The van der Waals surface area contributed by atoms with E-state index < -0.39 is 0 Å². The average Bonchev–Trinajstić information content (AvgIpc) is 2.39. The van der Waals surface area contributed by atoms with Gasteiger partial charge in [0.1, 0.15) is 11.5 Å². The van der Waals surface area contributed by atoms with Gasteiger partial charge in [0, 0.05) is 12.5 Å². The normalized spacial score (nSPS) is 11.5. The summed E-state index contributed by atoms with van der Waals surface area (Å²) in [5.74, 6) is 1.57. The topological polar surface area (TPSA) is 13.6 Å². The van der Waals surface area contributed by atoms with Crippen LogP contribution in [0.25, 0.3) is 4.85 Å². The summed E-state index contributed by atoms with van der Waals surface area (Å²) in [6.07, 6.45) is 0. The van der Waals surface area contributed by atoms with Crippen LogP contribution in [0.15, 0.2) is 54.6 Å². The van der Waals surface area contributed by atoms with E-state index in [2.05, 4.69) is 4.85 Å². The van der Waals surface area contributed by atoms with Crippen molar-refractivity contribution < 1.29 is 4.74 Å². The fourth-order valence-corrected chi connectivity index (χ4v) is 1.54. The second kappa shape index (κ2) is 5.18. The van der Waals surface area contributed by atoms with Crippen LogP contribution in [0.3, 0.4) is 0 Å². The Morgan fingerprint density at radius 3 is 2.41 bits per heavy atom. The predicted molar refractivity (Wildman–Crippen MR) is 68.0 cm³/mol. The Morgan fingerprint density at radius 2 is 1.71 bits per heavy atom. The van der Waals surface area contributed by atoms with Crippen LogP contribution in [-0.4, -0.2) is 0 Å². The largest absolute Gasteiger partial charge is 0.457 e. The van der Waals surface area contributed by atoms with Gasteiger partial charge in [-0.25, -0.2) is 6.57 Å². The minimum Gasteiger partial charge on any atom is -0.457 e. The highest BCUT2D eigenvalue weighted by molar-refractivity contribution is 5.35. The lowest BCUT2D eigenvalue weighted by molar-refractivity contribution is 0.482. The van der Waals surface area contributed by atoms with Crippen LogP contribution in [-0.2, 0) is 0 Å². The van der Waals surface area contributed by atoms with Crippen molar-refractivity contribution >= 4 is 0 Å². The summed E-state index contributed by atoms with van der Waals surface area (Å²) in [6.45, 7) is 8.91. The van der Waals surface area contributed by atoms with Crippen molar-refractivity contribution in [2.75, 3.05) is 0 Å². The molecule has 2 nitrogen and oxygen atoms in total. The molecule has 0 fully saturated rings. The first-order chi connectivity index (χ1) is 8.29. The van der Waals surface area contributed by atoms with Gasteiger partial charge in [-0.15, -0.1) is 0 Å². The third kappa shape index (κ3) is 2.85. The lowest BCUT2D eigenvalue weighted by Crippen LogP contribution is -1.89. The molecule has 2 heteroatoms. The van der Waals surface area contributed by atoms with Gasteiger partial charge in [-0.1, -0.05) is 30.3 Å². The molecule has 1 unspecified atom stereocenters. The van der Waals surface area contributed by atoms with Gasteiger partial charge in [0.25, 0.3) is 0 Å². The van der Waals surface area contributed by atoms with Crippen molar-refractivity contribution in [2.45, 2.75) is 13.0 Å². The molecule has 0 aliphatic rings. The molecule has 84 valence electrons. The highest BCUT2D eigenvalue weighted by Gasteiger charge is 2.09. The Labute approximate surface area is 101 Å². The number of ether oxygens (including phenoxy) is 1. The molecule has 0 aliphatic carbocycles. The minimum absolute atomic E-state index is 0.130. The molecule has 0 saturated heterocycles. The first-order valence-corrected chi connectivity index (χ1v) is 5.49. The monoisotopic (exact) mass is 223 g/mol. The van der Waals surface area contributed by atoms with E-state index in [1.807, 2.05) is 61.5 Å². The van der Waals surface area contributed by atoms with E-state index in [0.29, 0.717) is 0 Å². The third-order valence-corrected chi connectivity index (χ3v) is 2.51. The maximum Gasteiger partial charge on any atom is 0.246 e. The zero-order valence-corrected chi connectivity index (χ0v) is 9.63. The molecule has 0 saturated carbocycles. The number of nitrogens with zero attached hydrogens (tertiary/aromatic N) is 1. The molecule has 2 aromatic carbocycles. The van der Waals surface area contributed by atoms with Crippen LogP contribution in [0.1, 0.15) is 18.5 Å². The van der Waals surface area contributed by atoms with E-state index in [4.69, 9.17) is 11.3 Å². The fourth-order valence-electron chi connectivity index (χ4n) is 1.54. The second-order valence-corrected chi connectivity index (χ2v) is 3.79. The molecule has 1 atom stereocenters. The van der Waals surface area contributed by atoms with Crippen molar-refractivity contribution in [1.82, 2.24) is 0 Å². The minimum atomic E-state index is -0.130. The molecule has 0 spiro atoms. The summed E-state index contributed by atoms with van der Waals surface area (Å²) in [6, 6.07) is 17.2. The maximum absolute atomic E-state index is 7.02. The molecule has 0 aromatic heterocycles. The summed E-state index contributed by atoms with van der Waals surface area (Å²) in [5, 5.41) is 0. The van der Waals surface area contributed by atoms with Gasteiger partial charge in [0.2, 0.25) is 6.04 Å². The first kappa shape index (κ1) is 11.2. The van der Waals surface area contributed by atoms with Gasteiger partial charge < -0.3 is 9.58 Å². The molecule has 0 radical (unpaired) electrons. The summed E-state index contributed by atoms with van der Waals surface area (Å²) in [7, 11) is 0. The smallest absolute Gasteiger partial charge is 0.246 e. The molecular weight excluding hydrogens is 210 g/mol. The van der Waals surface area contributed by atoms with Gasteiger partial charge in [-0.05, 0) is 24.3 Å². The van der Waals surface area contributed by atoms with Crippen molar-refractivity contribution in [2.24, 2.45) is 0 Å². The SMILES string of the molecule is [C-]#[N+]C(C)c1cccc(Oc2ccccc2)c1. The van der Waals surface area contributed by atoms with Crippen LogP contribution in [0.4, 0.5) is 0 Å². The molecule has 0 heterocycles. The van der Waals surface area contributed by atoms with Crippen LogP contribution in [0, 0.1) is 6.57 Å². The Bertz CT molecular complexity index is 528. The van der Waals surface area contributed by atoms with Crippen molar-refractivity contribution in [3.63, 3.8) is 0 Å². The summed E-state index contributed by atoms with van der Waals surface area (Å²) in [5.41, 5.74) is 0.980. The van der Waals surface area contributed by atoms with E-state index in [1.165, 1.54) is 0 Å². The highest BCUT2D eigenvalue weighted by atomic mass is 16.5. The van der Waals surface area contributed by atoms with Gasteiger partial charge in [0.15, 0.2) is 0 Å². The summed E-state index contributed by atoms with van der Waals surface area (Å²) < 4.78 is 5.71. The summed E-state index contributed by atoms with van der Waals surface area (Å²) >= 11 is 0. The van der Waals surface area contributed by atoms with Gasteiger partial charge in [0.05, 0.1) is 0 Å². The number of benzene rings is 2. The number of rotatable bonds is 3.